The Kier molecular flexibility index (Phi) is 4.64. The lowest BCUT2D eigenvalue weighted by atomic mass is 10.2. The Bertz CT molecular complexity index is 642. The van der Waals surface area contributed by atoms with Crippen LogP contribution < -0.4 is 4.74 Å². The third-order valence-electron chi connectivity index (χ3n) is 2.99. The molecule has 110 valence electrons. The van der Waals surface area contributed by atoms with Gasteiger partial charge in [0.05, 0.1) is 12.0 Å². The number of thiocarbonyl (C=S) groups is 1. The summed E-state index contributed by atoms with van der Waals surface area (Å²) in [5.74, 6) is -0.857. The van der Waals surface area contributed by atoms with Gasteiger partial charge in [0.15, 0.2) is 0 Å². The van der Waals surface area contributed by atoms with Crippen molar-refractivity contribution in [3.05, 3.63) is 34.7 Å². The fraction of sp³-hybridized carbons (Fsp3) is 0.214. The van der Waals surface area contributed by atoms with Crippen molar-refractivity contribution in [3.63, 3.8) is 0 Å². The Morgan fingerprint density at radius 3 is 2.76 bits per heavy atom. The number of methoxy groups -OCH3 is 1. The number of carboxylic acids is 1. The molecule has 1 aliphatic rings. The van der Waals surface area contributed by atoms with Crippen molar-refractivity contribution in [1.82, 2.24) is 4.90 Å². The average Bonchev–Trinajstić information content (AvgIpc) is 2.73. The molecule has 0 aromatic heterocycles. The van der Waals surface area contributed by atoms with E-state index in [4.69, 9.17) is 22.1 Å². The van der Waals surface area contributed by atoms with E-state index in [1.54, 1.807) is 19.3 Å². The molecule has 0 aliphatic carbocycles. The monoisotopic (exact) mass is 323 g/mol. The highest BCUT2D eigenvalue weighted by Crippen LogP contribution is 2.35. The van der Waals surface area contributed by atoms with Crippen LogP contribution in [0.4, 0.5) is 0 Å². The minimum Gasteiger partial charge on any atom is -0.496 e. The fourth-order valence-electron chi connectivity index (χ4n) is 1.85. The molecule has 21 heavy (non-hydrogen) atoms. The van der Waals surface area contributed by atoms with Gasteiger partial charge in [0, 0.05) is 5.56 Å². The van der Waals surface area contributed by atoms with Crippen molar-refractivity contribution in [2.45, 2.75) is 13.0 Å². The van der Waals surface area contributed by atoms with Crippen LogP contribution in [-0.2, 0) is 9.59 Å². The number of nitrogens with zero attached hydrogens (tertiary/aromatic N) is 1. The second kappa shape index (κ2) is 6.28. The number of amides is 1. The van der Waals surface area contributed by atoms with Gasteiger partial charge >= 0.3 is 5.97 Å². The summed E-state index contributed by atoms with van der Waals surface area (Å²) in [4.78, 5) is 24.9. The van der Waals surface area contributed by atoms with Gasteiger partial charge in [-0.15, -0.1) is 0 Å². The summed E-state index contributed by atoms with van der Waals surface area (Å²) in [5, 5.41) is 9.03. The van der Waals surface area contributed by atoms with Crippen LogP contribution in [0.3, 0.4) is 0 Å². The molecule has 1 atom stereocenters. The molecular formula is C14H13NO4S2. The van der Waals surface area contributed by atoms with Crippen LogP contribution in [0, 0.1) is 0 Å². The van der Waals surface area contributed by atoms with Gasteiger partial charge in [-0.3, -0.25) is 9.69 Å². The fourth-order valence-corrected chi connectivity index (χ4v) is 3.26. The number of hydrogen-bond donors (Lipinski definition) is 1. The van der Waals surface area contributed by atoms with Gasteiger partial charge in [0.25, 0.3) is 5.91 Å². The van der Waals surface area contributed by atoms with Gasteiger partial charge in [0.1, 0.15) is 16.1 Å². The predicted octanol–water partition coefficient (Wildman–Crippen LogP) is 2.37. The molecule has 1 N–H and O–H groups in total. The first-order valence-corrected chi connectivity index (χ1v) is 7.31. The van der Waals surface area contributed by atoms with Crippen LogP contribution in [0.2, 0.25) is 0 Å². The molecule has 1 heterocycles. The number of benzene rings is 1. The summed E-state index contributed by atoms with van der Waals surface area (Å²) < 4.78 is 5.47. The van der Waals surface area contributed by atoms with Crippen molar-refractivity contribution in [3.8, 4) is 5.75 Å². The smallest absolute Gasteiger partial charge is 0.326 e. The quantitative estimate of drug-likeness (QED) is 0.678. The van der Waals surface area contributed by atoms with Gasteiger partial charge in [-0.25, -0.2) is 4.79 Å². The van der Waals surface area contributed by atoms with Gasteiger partial charge < -0.3 is 9.84 Å². The number of carboxylic acid groups (broad SMARTS) is 1. The molecule has 1 fully saturated rings. The van der Waals surface area contributed by atoms with Gasteiger partial charge in [0.2, 0.25) is 0 Å². The van der Waals surface area contributed by atoms with Gasteiger partial charge in [-0.1, -0.05) is 42.2 Å². The molecule has 1 aliphatic heterocycles. The minimum absolute atomic E-state index is 0.246. The first kappa shape index (κ1) is 15.5. The zero-order valence-corrected chi connectivity index (χ0v) is 13.0. The van der Waals surface area contributed by atoms with Crippen molar-refractivity contribution >= 4 is 46.3 Å². The highest BCUT2D eigenvalue weighted by atomic mass is 32.2. The Labute approximate surface area is 131 Å². The second-order valence-electron chi connectivity index (χ2n) is 4.31. The Morgan fingerprint density at radius 1 is 1.48 bits per heavy atom. The summed E-state index contributed by atoms with van der Waals surface area (Å²) in [6, 6.07) is 6.27. The van der Waals surface area contributed by atoms with E-state index >= 15 is 0 Å². The summed E-state index contributed by atoms with van der Waals surface area (Å²) in [5.41, 5.74) is 0.739. The lowest BCUT2D eigenvalue weighted by Crippen LogP contribution is -2.41. The zero-order valence-electron chi connectivity index (χ0n) is 11.4. The van der Waals surface area contributed by atoms with Crippen molar-refractivity contribution in [2.24, 2.45) is 0 Å². The first-order valence-electron chi connectivity index (χ1n) is 6.08. The van der Waals surface area contributed by atoms with Crippen LogP contribution in [-0.4, -0.2) is 39.4 Å². The predicted molar refractivity (Wildman–Crippen MR) is 85.1 cm³/mol. The maximum absolute atomic E-state index is 12.3. The SMILES string of the molecule is COc1ccccc1C=C1SC(=S)N([C@H](C)C(=O)O)C1=O. The van der Waals surface area contributed by atoms with Crippen LogP contribution in [0.25, 0.3) is 6.08 Å². The standard InChI is InChI=1S/C14H13NO4S2/c1-8(13(17)18)15-12(16)11(21-14(15)20)7-9-5-3-4-6-10(9)19-2/h3-8H,1-2H3,(H,17,18)/t8-/m1/s1. The molecule has 0 spiro atoms. The maximum Gasteiger partial charge on any atom is 0.326 e. The number of aliphatic carboxylic acids is 1. The Hall–Kier alpha value is -1.86. The number of thioether (sulfide) groups is 1. The number of hydrogen-bond acceptors (Lipinski definition) is 5. The van der Waals surface area contributed by atoms with Crippen molar-refractivity contribution in [2.75, 3.05) is 7.11 Å². The molecule has 0 saturated carbocycles. The normalized spacial score (nSPS) is 18.2. The molecular weight excluding hydrogens is 310 g/mol. The molecule has 2 rings (SSSR count). The van der Waals surface area contributed by atoms with Crippen molar-refractivity contribution < 1.29 is 19.4 Å². The summed E-state index contributed by atoms with van der Waals surface area (Å²) in [6.07, 6.45) is 1.66. The first-order chi connectivity index (χ1) is 9.95. The molecule has 1 aromatic rings. The Balaban J connectivity index is 2.34. The lowest BCUT2D eigenvalue weighted by Gasteiger charge is -2.18. The van der Waals surface area contributed by atoms with E-state index in [9.17, 15) is 9.59 Å². The van der Waals surface area contributed by atoms with E-state index < -0.39 is 17.9 Å². The number of carbonyl (C=O) groups excluding carboxylic acids is 1. The summed E-state index contributed by atoms with van der Waals surface area (Å²) in [6.45, 7) is 1.43. The number of para-hydroxylation sites is 1. The highest BCUT2D eigenvalue weighted by molar-refractivity contribution is 8.26. The largest absolute Gasteiger partial charge is 0.496 e. The van der Waals surface area contributed by atoms with E-state index in [0.717, 1.165) is 22.2 Å². The molecule has 0 bridgehead atoms. The molecule has 1 saturated heterocycles. The third-order valence-corrected chi connectivity index (χ3v) is 4.32. The van der Waals surface area contributed by atoms with E-state index in [2.05, 4.69) is 0 Å². The van der Waals surface area contributed by atoms with E-state index in [0.29, 0.717) is 10.7 Å². The van der Waals surface area contributed by atoms with Crippen LogP contribution in [0.1, 0.15) is 12.5 Å². The average molecular weight is 323 g/mol. The second-order valence-corrected chi connectivity index (χ2v) is 5.98. The minimum atomic E-state index is -1.09. The summed E-state index contributed by atoms with van der Waals surface area (Å²) >= 11 is 6.19. The highest BCUT2D eigenvalue weighted by Gasteiger charge is 2.38. The number of carbonyl (C=O) groups is 2. The maximum atomic E-state index is 12.3. The topological polar surface area (TPSA) is 66.8 Å². The third kappa shape index (κ3) is 3.08. The van der Waals surface area contributed by atoms with Crippen LogP contribution in [0.5, 0.6) is 5.75 Å². The lowest BCUT2D eigenvalue weighted by molar-refractivity contribution is -0.144. The Morgan fingerprint density at radius 2 is 2.14 bits per heavy atom. The molecule has 0 unspecified atom stereocenters. The van der Waals surface area contributed by atoms with Crippen LogP contribution in [0.15, 0.2) is 29.2 Å². The van der Waals surface area contributed by atoms with E-state index in [1.165, 1.54) is 6.92 Å². The van der Waals surface area contributed by atoms with Crippen molar-refractivity contribution in [1.29, 1.82) is 0 Å². The molecule has 7 heteroatoms. The van der Waals surface area contributed by atoms with E-state index in [1.807, 2.05) is 18.2 Å². The van der Waals surface area contributed by atoms with Crippen LogP contribution >= 0.6 is 24.0 Å². The molecule has 1 amide bonds. The number of rotatable bonds is 4. The van der Waals surface area contributed by atoms with Gasteiger partial charge in [-0.2, -0.15) is 0 Å². The number of ether oxygens (including phenoxy) is 1. The molecule has 5 nitrogen and oxygen atoms in total. The molecule has 0 radical (unpaired) electrons. The van der Waals surface area contributed by atoms with E-state index in [-0.39, 0.29) is 4.32 Å². The zero-order chi connectivity index (χ0) is 15.6. The van der Waals surface area contributed by atoms with Gasteiger partial charge in [-0.05, 0) is 19.1 Å². The molecule has 1 aromatic carbocycles. The summed E-state index contributed by atoms with van der Waals surface area (Å²) in [7, 11) is 1.55.